The van der Waals surface area contributed by atoms with Crippen molar-refractivity contribution in [3.8, 4) is 17.2 Å². The number of rotatable bonds is 6. The number of phenols is 1. The van der Waals surface area contributed by atoms with Crippen LogP contribution in [0.25, 0.3) is 0 Å². The highest BCUT2D eigenvalue weighted by Gasteiger charge is 2.47. The molecule has 0 saturated heterocycles. The van der Waals surface area contributed by atoms with Crippen LogP contribution in [0.4, 0.5) is 5.69 Å². The molecule has 35 heavy (non-hydrogen) atoms. The highest BCUT2D eigenvalue weighted by molar-refractivity contribution is 6.14. The third-order valence-electron chi connectivity index (χ3n) is 6.61. The first-order chi connectivity index (χ1) is 16.6. The number of phenolic OH excluding ortho intramolecular Hbond substituents is 1. The number of aliphatic imine (C=N–C) groups is 1. The number of hydrogen-bond acceptors (Lipinski definition) is 6. The van der Waals surface area contributed by atoms with Gasteiger partial charge in [0.25, 0.3) is 5.91 Å². The van der Waals surface area contributed by atoms with Gasteiger partial charge in [-0.05, 0) is 55.5 Å². The van der Waals surface area contributed by atoms with Gasteiger partial charge in [0.2, 0.25) is 0 Å². The lowest BCUT2D eigenvalue weighted by Gasteiger charge is -2.41. The molecule has 7 nitrogen and oxygen atoms in total. The number of nitrogens with one attached hydrogen (secondary N) is 1. The van der Waals surface area contributed by atoms with E-state index in [9.17, 15) is 14.7 Å². The molecule has 1 heterocycles. The highest BCUT2D eigenvalue weighted by Crippen LogP contribution is 2.48. The van der Waals surface area contributed by atoms with E-state index in [4.69, 9.17) is 14.5 Å². The van der Waals surface area contributed by atoms with E-state index < -0.39 is 11.8 Å². The van der Waals surface area contributed by atoms with Gasteiger partial charge in [-0.2, -0.15) is 0 Å². The Kier molecular flexibility index (Phi) is 6.70. The number of nitrogens with zero attached hydrogens (tertiary/aromatic N) is 1. The summed E-state index contributed by atoms with van der Waals surface area (Å²) in [6.45, 7) is 8.15. The molecule has 1 aliphatic carbocycles. The summed E-state index contributed by atoms with van der Waals surface area (Å²) < 4.78 is 11.0. The first-order valence-corrected chi connectivity index (χ1v) is 11.9. The van der Waals surface area contributed by atoms with Gasteiger partial charge in [0.1, 0.15) is 11.5 Å². The maximum atomic E-state index is 13.7. The van der Waals surface area contributed by atoms with E-state index in [2.05, 4.69) is 19.2 Å². The number of amides is 1. The fraction of sp³-hybridized carbons (Fsp3) is 0.393. The number of allylic oxidation sites excluding steroid dienone is 1. The Balaban J connectivity index is 1.84. The Morgan fingerprint density at radius 1 is 1.14 bits per heavy atom. The number of anilines is 1. The number of ketones is 1. The van der Waals surface area contributed by atoms with Gasteiger partial charge in [-0.15, -0.1) is 0 Å². The van der Waals surface area contributed by atoms with Gasteiger partial charge in [0.05, 0.1) is 25.3 Å². The number of carbonyl (C=O) groups excluding carboxylic acids is 2. The molecule has 2 aliphatic rings. The summed E-state index contributed by atoms with van der Waals surface area (Å²) in [6.07, 6.45) is 1.08. The normalized spacial score (nSPS) is 21.2. The van der Waals surface area contributed by atoms with Crippen molar-refractivity contribution in [3.63, 3.8) is 0 Å². The first kappa shape index (κ1) is 24.5. The molecule has 184 valence electrons. The van der Waals surface area contributed by atoms with Gasteiger partial charge in [-0.1, -0.05) is 32.0 Å². The second-order valence-electron chi connectivity index (χ2n) is 9.86. The molecule has 0 spiro atoms. The van der Waals surface area contributed by atoms with E-state index in [1.165, 1.54) is 0 Å². The Bertz CT molecular complexity index is 1230. The minimum atomic E-state index is -0.555. The van der Waals surface area contributed by atoms with Crippen molar-refractivity contribution in [1.82, 2.24) is 0 Å². The fourth-order valence-corrected chi connectivity index (χ4v) is 5.18. The number of hydrogen-bond donors (Lipinski definition) is 2. The number of para-hydroxylation sites is 2. The zero-order chi connectivity index (χ0) is 25.3. The number of fused-ring (bicyclic) bond motifs is 1. The summed E-state index contributed by atoms with van der Waals surface area (Å²) >= 11 is 0. The summed E-state index contributed by atoms with van der Waals surface area (Å²) in [5.74, 6) is -0.522. The van der Waals surface area contributed by atoms with E-state index in [1.807, 2.05) is 26.0 Å². The van der Waals surface area contributed by atoms with E-state index in [-0.39, 0.29) is 22.9 Å². The highest BCUT2D eigenvalue weighted by atomic mass is 16.5. The van der Waals surface area contributed by atoms with Crippen LogP contribution in [-0.2, 0) is 9.59 Å². The molecule has 1 fully saturated rings. The van der Waals surface area contributed by atoms with Crippen LogP contribution >= 0.6 is 0 Å². The minimum absolute atomic E-state index is 0.0112. The molecule has 2 aromatic rings. The van der Waals surface area contributed by atoms with Crippen LogP contribution in [-0.4, -0.2) is 36.2 Å². The van der Waals surface area contributed by atoms with Gasteiger partial charge in [0.15, 0.2) is 11.5 Å². The molecule has 2 N–H and O–H groups in total. The molecular formula is C28H32N2O5. The number of carbonyl (C=O) groups is 2. The standard InChI is InChI=1S/C28H32N2O5/c1-6-35-23-13-17(11-12-20(23)31)25-24(27(33)30-18-9-7-8-10-22(18)34-5)16(2)29-19-14-28(3,4)15-21(32)26(19)25/h7-13,25-26,31H,6,14-15H2,1-5H3,(H,30,33)/t25-,26?/m0/s1. The van der Waals surface area contributed by atoms with E-state index in [0.29, 0.717) is 47.9 Å². The van der Waals surface area contributed by atoms with Crippen molar-refractivity contribution in [1.29, 1.82) is 0 Å². The van der Waals surface area contributed by atoms with Crippen LogP contribution in [0.2, 0.25) is 0 Å². The summed E-state index contributed by atoms with van der Waals surface area (Å²) in [7, 11) is 1.55. The predicted octanol–water partition coefficient (Wildman–Crippen LogP) is 5.26. The Morgan fingerprint density at radius 2 is 1.89 bits per heavy atom. The molecule has 4 rings (SSSR count). The second kappa shape index (κ2) is 9.56. The average Bonchev–Trinajstić information content (AvgIpc) is 2.79. The molecule has 0 radical (unpaired) electrons. The molecule has 1 amide bonds. The molecule has 2 atom stereocenters. The van der Waals surface area contributed by atoms with E-state index >= 15 is 0 Å². The van der Waals surface area contributed by atoms with Crippen molar-refractivity contribution in [2.45, 2.75) is 46.5 Å². The lowest BCUT2D eigenvalue weighted by Crippen LogP contribution is -2.44. The zero-order valence-electron chi connectivity index (χ0n) is 20.8. The van der Waals surface area contributed by atoms with Gasteiger partial charge in [0, 0.05) is 29.3 Å². The Labute approximate surface area is 205 Å². The predicted molar refractivity (Wildman–Crippen MR) is 135 cm³/mol. The lowest BCUT2D eigenvalue weighted by molar-refractivity contribution is -0.124. The van der Waals surface area contributed by atoms with Crippen molar-refractivity contribution in [2.75, 3.05) is 19.0 Å². The van der Waals surface area contributed by atoms with Gasteiger partial charge in [-0.25, -0.2) is 0 Å². The first-order valence-electron chi connectivity index (χ1n) is 11.9. The minimum Gasteiger partial charge on any atom is -0.504 e. The molecule has 1 unspecified atom stereocenters. The number of methoxy groups -OCH3 is 1. The summed E-state index contributed by atoms with van der Waals surface area (Å²) in [5.41, 5.74) is 2.86. The van der Waals surface area contributed by atoms with Gasteiger partial charge in [-0.3, -0.25) is 14.6 Å². The maximum Gasteiger partial charge on any atom is 0.254 e. The third-order valence-corrected chi connectivity index (χ3v) is 6.61. The number of aromatic hydroxyl groups is 1. The quantitative estimate of drug-likeness (QED) is 0.593. The van der Waals surface area contributed by atoms with Gasteiger partial charge < -0.3 is 19.9 Å². The van der Waals surface area contributed by atoms with Crippen molar-refractivity contribution in [2.24, 2.45) is 16.3 Å². The second-order valence-corrected chi connectivity index (χ2v) is 9.86. The fourth-order valence-electron chi connectivity index (χ4n) is 5.18. The zero-order valence-corrected chi connectivity index (χ0v) is 20.8. The topological polar surface area (TPSA) is 97.2 Å². The van der Waals surface area contributed by atoms with Crippen LogP contribution in [0.5, 0.6) is 17.2 Å². The van der Waals surface area contributed by atoms with Gasteiger partial charge >= 0.3 is 0 Å². The maximum absolute atomic E-state index is 13.7. The van der Waals surface area contributed by atoms with E-state index in [1.54, 1.807) is 37.4 Å². The summed E-state index contributed by atoms with van der Waals surface area (Å²) in [4.78, 5) is 32.0. The average molecular weight is 477 g/mol. The van der Waals surface area contributed by atoms with Crippen LogP contribution in [0.15, 0.2) is 58.7 Å². The number of benzene rings is 2. The van der Waals surface area contributed by atoms with Crippen LogP contribution in [0, 0.1) is 11.3 Å². The van der Waals surface area contributed by atoms with Crippen molar-refractivity contribution in [3.05, 3.63) is 59.3 Å². The molecular weight excluding hydrogens is 444 g/mol. The SMILES string of the molecule is CCOc1cc([C@H]2C(C(=O)Nc3ccccc3OC)=C(C)N=C3CC(C)(C)CC(=O)C32)ccc1O. The summed E-state index contributed by atoms with van der Waals surface area (Å²) in [5, 5.41) is 13.2. The Hall–Kier alpha value is -3.61. The third kappa shape index (κ3) is 4.81. The Morgan fingerprint density at radius 3 is 2.60 bits per heavy atom. The molecule has 1 aliphatic heterocycles. The van der Waals surface area contributed by atoms with Crippen molar-refractivity contribution < 1.29 is 24.2 Å². The molecule has 1 saturated carbocycles. The van der Waals surface area contributed by atoms with Crippen LogP contribution < -0.4 is 14.8 Å². The number of Topliss-reactive ketones (excluding diaryl/α,β-unsaturated/α-hetero) is 1. The smallest absolute Gasteiger partial charge is 0.254 e. The monoisotopic (exact) mass is 476 g/mol. The summed E-state index contributed by atoms with van der Waals surface area (Å²) in [6, 6.07) is 12.2. The molecule has 0 aromatic heterocycles. The van der Waals surface area contributed by atoms with Crippen LogP contribution in [0.3, 0.4) is 0 Å². The molecule has 7 heteroatoms. The van der Waals surface area contributed by atoms with E-state index in [0.717, 1.165) is 11.3 Å². The van der Waals surface area contributed by atoms with Crippen LogP contribution in [0.1, 0.15) is 52.0 Å². The number of ether oxygens (including phenoxy) is 2. The lowest BCUT2D eigenvalue weighted by atomic mass is 9.63. The molecule has 2 aromatic carbocycles. The largest absolute Gasteiger partial charge is 0.504 e. The van der Waals surface area contributed by atoms with Crippen molar-refractivity contribution >= 4 is 23.1 Å². The molecule has 0 bridgehead atoms.